The molecule has 0 saturated carbocycles. The molecule has 108 valence electrons. The quantitative estimate of drug-likeness (QED) is 0.713. The molecule has 0 spiro atoms. The van der Waals surface area contributed by atoms with Gasteiger partial charge in [-0.05, 0) is 6.07 Å². The van der Waals surface area contributed by atoms with Gasteiger partial charge in [-0.1, -0.05) is 30.0 Å². The van der Waals surface area contributed by atoms with E-state index in [1.54, 1.807) is 19.2 Å². The number of carboxylic acid groups (broad SMARTS) is 1. The summed E-state index contributed by atoms with van der Waals surface area (Å²) >= 11 is 1.27. The van der Waals surface area contributed by atoms with E-state index in [1.807, 2.05) is 12.1 Å². The van der Waals surface area contributed by atoms with Crippen LogP contribution in [0.5, 0.6) is 0 Å². The van der Waals surface area contributed by atoms with Crippen LogP contribution in [0.2, 0.25) is 0 Å². The summed E-state index contributed by atoms with van der Waals surface area (Å²) in [6.45, 7) is 0. The van der Waals surface area contributed by atoms with Gasteiger partial charge < -0.3 is 9.52 Å². The van der Waals surface area contributed by atoms with Crippen molar-refractivity contribution in [1.29, 1.82) is 0 Å². The average Bonchev–Trinajstić information content (AvgIpc) is 2.99. The van der Waals surface area contributed by atoms with E-state index in [4.69, 9.17) is 4.42 Å². The van der Waals surface area contributed by atoms with E-state index in [1.165, 1.54) is 16.3 Å². The number of para-hydroxylation sites is 1. The fourth-order valence-corrected chi connectivity index (χ4v) is 2.96. The van der Waals surface area contributed by atoms with Gasteiger partial charge in [0, 0.05) is 23.8 Å². The van der Waals surface area contributed by atoms with Gasteiger partial charge in [0.1, 0.15) is 5.58 Å². The standard InChI is InChI=1S/C13H11N3O4S/c1-16-12(19)14-15-13(16)21-6-8-7-4-2-3-5-9(7)20-10(8)11(17)18/h2-5H,6H2,1H3,(H,14,19)(H,17,18). The van der Waals surface area contributed by atoms with E-state index >= 15 is 0 Å². The van der Waals surface area contributed by atoms with Crippen molar-refractivity contribution in [2.24, 2.45) is 7.05 Å². The minimum Gasteiger partial charge on any atom is -0.475 e. The molecule has 0 aliphatic carbocycles. The Bertz CT molecular complexity index is 877. The molecule has 2 N–H and O–H groups in total. The van der Waals surface area contributed by atoms with Crippen molar-refractivity contribution in [1.82, 2.24) is 14.8 Å². The Hall–Kier alpha value is -2.48. The number of fused-ring (bicyclic) bond motifs is 1. The molecule has 8 heteroatoms. The highest BCUT2D eigenvalue weighted by Crippen LogP contribution is 2.31. The second kappa shape index (κ2) is 5.13. The van der Waals surface area contributed by atoms with Crippen LogP contribution in [0.15, 0.2) is 38.6 Å². The molecule has 0 amide bonds. The lowest BCUT2D eigenvalue weighted by atomic mass is 10.1. The fraction of sp³-hybridized carbons (Fsp3) is 0.154. The summed E-state index contributed by atoms with van der Waals surface area (Å²) in [4.78, 5) is 22.6. The number of carboxylic acids is 1. The molecule has 0 aliphatic rings. The molecule has 0 unspecified atom stereocenters. The third kappa shape index (κ3) is 2.33. The highest BCUT2D eigenvalue weighted by atomic mass is 32.2. The maximum Gasteiger partial charge on any atom is 0.372 e. The van der Waals surface area contributed by atoms with Crippen LogP contribution >= 0.6 is 11.8 Å². The number of aromatic nitrogens is 3. The van der Waals surface area contributed by atoms with Gasteiger partial charge in [0.05, 0.1) is 0 Å². The van der Waals surface area contributed by atoms with Crippen LogP contribution in [0.3, 0.4) is 0 Å². The van der Waals surface area contributed by atoms with Crippen LogP contribution in [-0.2, 0) is 12.8 Å². The summed E-state index contributed by atoms with van der Waals surface area (Å²) in [5, 5.41) is 16.7. The van der Waals surface area contributed by atoms with Crippen LogP contribution in [0, 0.1) is 0 Å². The first-order valence-corrected chi connectivity index (χ1v) is 7.04. The molecule has 3 rings (SSSR count). The number of furan rings is 1. The molecular weight excluding hydrogens is 294 g/mol. The zero-order valence-corrected chi connectivity index (χ0v) is 11.8. The Balaban J connectivity index is 1.99. The van der Waals surface area contributed by atoms with Gasteiger partial charge in [-0.15, -0.1) is 5.10 Å². The van der Waals surface area contributed by atoms with Crippen LogP contribution in [-0.4, -0.2) is 25.8 Å². The van der Waals surface area contributed by atoms with E-state index in [0.29, 0.717) is 22.1 Å². The Labute approximate surface area is 122 Å². The van der Waals surface area contributed by atoms with Gasteiger partial charge in [-0.2, -0.15) is 0 Å². The predicted molar refractivity (Wildman–Crippen MR) is 76.6 cm³/mol. The maximum absolute atomic E-state index is 11.3. The summed E-state index contributed by atoms with van der Waals surface area (Å²) in [7, 11) is 1.60. The van der Waals surface area contributed by atoms with Gasteiger partial charge in [-0.3, -0.25) is 4.57 Å². The lowest BCUT2D eigenvalue weighted by Gasteiger charge is -2.00. The average molecular weight is 305 g/mol. The molecule has 7 nitrogen and oxygen atoms in total. The molecule has 1 aromatic carbocycles. The molecule has 2 heterocycles. The van der Waals surface area contributed by atoms with Crippen molar-refractivity contribution in [3.8, 4) is 0 Å². The van der Waals surface area contributed by atoms with Crippen molar-refractivity contribution in [2.75, 3.05) is 0 Å². The fourth-order valence-electron chi connectivity index (χ4n) is 2.01. The van der Waals surface area contributed by atoms with E-state index < -0.39 is 5.97 Å². The summed E-state index contributed by atoms with van der Waals surface area (Å²) in [6, 6.07) is 7.14. The van der Waals surface area contributed by atoms with Crippen molar-refractivity contribution >= 4 is 28.7 Å². The largest absolute Gasteiger partial charge is 0.475 e. The SMILES string of the molecule is Cn1c(SCc2c(C(=O)O)oc3ccccc23)n[nH]c1=O. The Kier molecular flexibility index (Phi) is 3.30. The van der Waals surface area contributed by atoms with Gasteiger partial charge in [0.15, 0.2) is 5.16 Å². The first kappa shape index (κ1) is 13.5. The summed E-state index contributed by atoms with van der Waals surface area (Å²) in [5.41, 5.74) is 0.799. The lowest BCUT2D eigenvalue weighted by Crippen LogP contribution is -2.12. The summed E-state index contributed by atoms with van der Waals surface area (Å²) in [5.74, 6) is -0.849. The molecule has 0 aliphatic heterocycles. The van der Waals surface area contributed by atoms with E-state index in [-0.39, 0.29) is 11.4 Å². The minimum atomic E-state index is -1.11. The van der Waals surface area contributed by atoms with Crippen LogP contribution < -0.4 is 5.69 Å². The topological polar surface area (TPSA) is 101 Å². The van der Waals surface area contributed by atoms with Crippen molar-refractivity contribution in [3.05, 3.63) is 46.1 Å². The second-order valence-corrected chi connectivity index (χ2v) is 5.31. The van der Waals surface area contributed by atoms with E-state index in [0.717, 1.165) is 5.39 Å². The van der Waals surface area contributed by atoms with Gasteiger partial charge in [0.25, 0.3) is 0 Å². The lowest BCUT2D eigenvalue weighted by molar-refractivity contribution is 0.0664. The zero-order valence-electron chi connectivity index (χ0n) is 11.0. The Morgan fingerprint density at radius 1 is 1.48 bits per heavy atom. The second-order valence-electron chi connectivity index (χ2n) is 4.37. The Morgan fingerprint density at radius 2 is 2.24 bits per heavy atom. The molecule has 0 saturated heterocycles. The summed E-state index contributed by atoms with van der Waals surface area (Å²) in [6.07, 6.45) is 0. The number of hydrogen-bond acceptors (Lipinski definition) is 5. The highest BCUT2D eigenvalue weighted by Gasteiger charge is 2.20. The number of rotatable bonds is 4. The zero-order chi connectivity index (χ0) is 15.0. The molecule has 21 heavy (non-hydrogen) atoms. The van der Waals surface area contributed by atoms with E-state index in [9.17, 15) is 14.7 Å². The number of aromatic carboxylic acids is 1. The molecule has 2 aromatic heterocycles. The molecule has 3 aromatic rings. The molecule has 0 atom stereocenters. The Morgan fingerprint density at radius 3 is 2.90 bits per heavy atom. The maximum atomic E-state index is 11.3. The van der Waals surface area contributed by atoms with Crippen LogP contribution in [0.25, 0.3) is 11.0 Å². The van der Waals surface area contributed by atoms with E-state index in [2.05, 4.69) is 10.2 Å². The molecule has 0 radical (unpaired) electrons. The first-order valence-electron chi connectivity index (χ1n) is 6.06. The first-order chi connectivity index (χ1) is 10.1. The monoisotopic (exact) mass is 305 g/mol. The number of nitrogens with zero attached hydrogens (tertiary/aromatic N) is 2. The number of nitrogens with one attached hydrogen (secondary N) is 1. The number of hydrogen-bond donors (Lipinski definition) is 2. The smallest absolute Gasteiger partial charge is 0.372 e. The number of benzene rings is 1. The molecule has 0 bridgehead atoms. The number of aromatic amines is 1. The van der Waals surface area contributed by atoms with Gasteiger partial charge in [0.2, 0.25) is 5.76 Å². The van der Waals surface area contributed by atoms with Gasteiger partial charge >= 0.3 is 11.7 Å². The normalized spacial score (nSPS) is 11.1. The van der Waals surface area contributed by atoms with Crippen LogP contribution in [0.1, 0.15) is 16.1 Å². The van der Waals surface area contributed by atoms with Crippen molar-refractivity contribution in [2.45, 2.75) is 10.9 Å². The molecule has 0 fully saturated rings. The minimum absolute atomic E-state index is 0.0794. The van der Waals surface area contributed by atoms with Gasteiger partial charge in [-0.25, -0.2) is 14.7 Å². The third-order valence-electron chi connectivity index (χ3n) is 3.08. The predicted octanol–water partition coefficient (Wildman–Crippen LogP) is 1.85. The van der Waals surface area contributed by atoms with Crippen molar-refractivity contribution in [3.63, 3.8) is 0 Å². The van der Waals surface area contributed by atoms with Crippen LogP contribution in [0.4, 0.5) is 0 Å². The molecular formula is C13H11N3O4S. The number of thioether (sulfide) groups is 1. The number of H-pyrrole nitrogens is 1. The van der Waals surface area contributed by atoms with Crippen molar-refractivity contribution < 1.29 is 14.3 Å². The number of carbonyl (C=O) groups is 1. The third-order valence-corrected chi connectivity index (χ3v) is 4.13. The summed E-state index contributed by atoms with van der Waals surface area (Å²) < 4.78 is 6.74. The highest BCUT2D eigenvalue weighted by molar-refractivity contribution is 7.98.